The molecule has 24 heavy (non-hydrogen) atoms. The summed E-state index contributed by atoms with van der Waals surface area (Å²) in [5.41, 5.74) is 6.63. The molecule has 1 aliphatic rings. The van der Waals surface area contributed by atoms with E-state index in [2.05, 4.69) is 0 Å². The first-order valence-corrected chi connectivity index (χ1v) is 7.91. The van der Waals surface area contributed by atoms with Crippen molar-refractivity contribution in [1.29, 1.82) is 0 Å². The van der Waals surface area contributed by atoms with Crippen molar-refractivity contribution in [2.45, 2.75) is 26.8 Å². The van der Waals surface area contributed by atoms with Gasteiger partial charge in [0.25, 0.3) is 5.91 Å². The summed E-state index contributed by atoms with van der Waals surface area (Å²) < 4.78 is 13.6. The van der Waals surface area contributed by atoms with Crippen LogP contribution in [0.15, 0.2) is 18.2 Å². The second-order valence-electron chi connectivity index (χ2n) is 6.23. The maximum absolute atomic E-state index is 13.6. The Kier molecular flexibility index (Phi) is 7.17. The first-order valence-electron chi connectivity index (χ1n) is 7.91. The van der Waals surface area contributed by atoms with Gasteiger partial charge >= 0.3 is 0 Å². The number of rotatable bonds is 3. The molecule has 7 heteroatoms. The second-order valence-corrected chi connectivity index (χ2v) is 6.23. The Balaban J connectivity index is 0.00000288. The summed E-state index contributed by atoms with van der Waals surface area (Å²) in [6.07, 6.45) is 0. The SMILES string of the molecule is Cc1ccc(C(=O)N2CCN(C(=O)C(C)C(C)N)CC2)cc1F.Cl. The van der Waals surface area contributed by atoms with Gasteiger partial charge in [-0.15, -0.1) is 12.4 Å². The minimum Gasteiger partial charge on any atom is -0.339 e. The molecule has 0 aliphatic carbocycles. The molecule has 1 aliphatic heterocycles. The Morgan fingerprint density at radius 1 is 1.12 bits per heavy atom. The predicted octanol–water partition coefficient (Wildman–Crippen LogP) is 1.82. The fourth-order valence-corrected chi connectivity index (χ4v) is 2.55. The van der Waals surface area contributed by atoms with Gasteiger partial charge in [0.2, 0.25) is 5.91 Å². The van der Waals surface area contributed by atoms with Crippen LogP contribution in [-0.4, -0.2) is 53.8 Å². The van der Waals surface area contributed by atoms with E-state index in [0.29, 0.717) is 37.3 Å². The normalized spacial score (nSPS) is 17.0. The Hall–Kier alpha value is -1.66. The van der Waals surface area contributed by atoms with Gasteiger partial charge in [-0.1, -0.05) is 13.0 Å². The highest BCUT2D eigenvalue weighted by atomic mass is 35.5. The molecule has 1 aromatic carbocycles. The van der Waals surface area contributed by atoms with Crippen molar-refractivity contribution in [3.05, 3.63) is 35.1 Å². The summed E-state index contributed by atoms with van der Waals surface area (Å²) >= 11 is 0. The zero-order valence-electron chi connectivity index (χ0n) is 14.3. The van der Waals surface area contributed by atoms with Crippen LogP contribution in [0.25, 0.3) is 0 Å². The van der Waals surface area contributed by atoms with E-state index in [-0.39, 0.29) is 42.0 Å². The number of halogens is 2. The van der Waals surface area contributed by atoms with Crippen molar-refractivity contribution in [3.63, 3.8) is 0 Å². The van der Waals surface area contributed by atoms with Gasteiger partial charge in [-0.25, -0.2) is 4.39 Å². The van der Waals surface area contributed by atoms with Gasteiger partial charge in [0.1, 0.15) is 5.82 Å². The van der Waals surface area contributed by atoms with E-state index in [4.69, 9.17) is 5.73 Å². The Bertz CT molecular complexity index is 601. The molecule has 0 aromatic heterocycles. The van der Waals surface area contributed by atoms with Crippen molar-refractivity contribution < 1.29 is 14.0 Å². The van der Waals surface area contributed by atoms with Crippen LogP contribution in [-0.2, 0) is 4.79 Å². The molecule has 0 radical (unpaired) electrons. The Morgan fingerprint density at radius 2 is 1.67 bits per heavy atom. The van der Waals surface area contributed by atoms with Crippen molar-refractivity contribution in [2.24, 2.45) is 11.7 Å². The molecule has 2 atom stereocenters. The molecule has 1 heterocycles. The van der Waals surface area contributed by atoms with Crippen molar-refractivity contribution in [2.75, 3.05) is 26.2 Å². The summed E-state index contributed by atoms with van der Waals surface area (Å²) in [6.45, 7) is 7.16. The molecule has 0 saturated carbocycles. The van der Waals surface area contributed by atoms with Crippen LogP contribution in [0.1, 0.15) is 29.8 Å². The Morgan fingerprint density at radius 3 is 2.17 bits per heavy atom. The molecule has 1 saturated heterocycles. The molecule has 0 bridgehead atoms. The standard InChI is InChI=1S/C17H24FN3O2.ClH/c1-11-4-5-14(10-15(11)18)17(23)21-8-6-20(7-9-21)16(22)12(2)13(3)19;/h4-5,10,12-13H,6-9,19H2,1-3H3;1H. The van der Waals surface area contributed by atoms with Crippen molar-refractivity contribution >= 4 is 24.2 Å². The van der Waals surface area contributed by atoms with Crippen LogP contribution in [0.2, 0.25) is 0 Å². The minimum absolute atomic E-state index is 0. The smallest absolute Gasteiger partial charge is 0.254 e. The van der Waals surface area contributed by atoms with E-state index in [9.17, 15) is 14.0 Å². The van der Waals surface area contributed by atoms with Crippen LogP contribution in [0.5, 0.6) is 0 Å². The predicted molar refractivity (Wildman–Crippen MR) is 93.7 cm³/mol. The summed E-state index contributed by atoms with van der Waals surface area (Å²) in [5.74, 6) is -0.788. The molecule has 2 amide bonds. The summed E-state index contributed by atoms with van der Waals surface area (Å²) in [5, 5.41) is 0. The van der Waals surface area contributed by atoms with Gasteiger partial charge in [0, 0.05) is 37.8 Å². The maximum Gasteiger partial charge on any atom is 0.254 e. The fraction of sp³-hybridized carbons (Fsp3) is 0.529. The number of nitrogens with two attached hydrogens (primary N) is 1. The number of aryl methyl sites for hydroxylation is 1. The van der Waals surface area contributed by atoms with Gasteiger partial charge in [-0.3, -0.25) is 9.59 Å². The third-order valence-corrected chi connectivity index (χ3v) is 4.48. The average Bonchev–Trinajstić information content (AvgIpc) is 2.55. The molecule has 2 unspecified atom stereocenters. The monoisotopic (exact) mass is 357 g/mol. The topological polar surface area (TPSA) is 66.6 Å². The number of hydrogen-bond donors (Lipinski definition) is 1. The zero-order valence-corrected chi connectivity index (χ0v) is 15.1. The largest absolute Gasteiger partial charge is 0.339 e. The molecular formula is C17H25ClFN3O2. The lowest BCUT2D eigenvalue weighted by Gasteiger charge is -2.36. The van der Waals surface area contributed by atoms with E-state index in [0.717, 1.165) is 0 Å². The van der Waals surface area contributed by atoms with Crippen LogP contribution in [0.3, 0.4) is 0 Å². The highest BCUT2D eigenvalue weighted by Gasteiger charge is 2.28. The lowest BCUT2D eigenvalue weighted by atomic mass is 10.0. The fourth-order valence-electron chi connectivity index (χ4n) is 2.55. The lowest BCUT2D eigenvalue weighted by Crippen LogP contribution is -2.53. The number of amides is 2. The third kappa shape index (κ3) is 4.45. The van der Waals surface area contributed by atoms with Gasteiger partial charge in [0.05, 0.1) is 5.92 Å². The van der Waals surface area contributed by atoms with Gasteiger partial charge in [0.15, 0.2) is 0 Å². The van der Waals surface area contributed by atoms with Crippen LogP contribution >= 0.6 is 12.4 Å². The number of piperazine rings is 1. The van der Waals surface area contributed by atoms with Gasteiger partial charge < -0.3 is 15.5 Å². The van der Waals surface area contributed by atoms with Crippen molar-refractivity contribution in [3.8, 4) is 0 Å². The summed E-state index contributed by atoms with van der Waals surface area (Å²) in [6, 6.07) is 4.31. The second kappa shape index (κ2) is 8.44. The van der Waals surface area contributed by atoms with E-state index in [1.54, 1.807) is 28.9 Å². The van der Waals surface area contributed by atoms with E-state index < -0.39 is 0 Å². The number of nitrogens with zero attached hydrogens (tertiary/aromatic N) is 2. The highest BCUT2D eigenvalue weighted by molar-refractivity contribution is 5.94. The average molecular weight is 358 g/mol. The zero-order chi connectivity index (χ0) is 17.1. The van der Waals surface area contributed by atoms with Gasteiger partial charge in [-0.05, 0) is 31.5 Å². The molecule has 2 N–H and O–H groups in total. The lowest BCUT2D eigenvalue weighted by molar-refractivity contribution is -0.137. The number of carbonyl (C=O) groups is 2. The first-order chi connectivity index (χ1) is 10.8. The third-order valence-electron chi connectivity index (χ3n) is 4.48. The minimum atomic E-state index is -0.379. The Labute approximate surface area is 148 Å². The molecule has 134 valence electrons. The molecule has 5 nitrogen and oxygen atoms in total. The maximum atomic E-state index is 13.6. The van der Waals surface area contributed by atoms with Crippen LogP contribution < -0.4 is 5.73 Å². The first kappa shape index (κ1) is 20.4. The van der Waals surface area contributed by atoms with Crippen LogP contribution in [0, 0.1) is 18.7 Å². The van der Waals surface area contributed by atoms with E-state index >= 15 is 0 Å². The quantitative estimate of drug-likeness (QED) is 0.897. The molecule has 1 aromatic rings. The molecular weight excluding hydrogens is 333 g/mol. The highest BCUT2D eigenvalue weighted by Crippen LogP contribution is 2.14. The number of benzene rings is 1. The number of carbonyl (C=O) groups excluding carboxylic acids is 2. The van der Waals surface area contributed by atoms with E-state index in [1.165, 1.54) is 6.07 Å². The molecule has 1 fully saturated rings. The number of hydrogen-bond acceptors (Lipinski definition) is 3. The summed E-state index contributed by atoms with van der Waals surface area (Å²) in [7, 11) is 0. The van der Waals surface area contributed by atoms with Crippen molar-refractivity contribution in [1.82, 2.24) is 9.80 Å². The molecule has 2 rings (SSSR count). The van der Waals surface area contributed by atoms with E-state index in [1.807, 2.05) is 13.8 Å². The summed E-state index contributed by atoms with van der Waals surface area (Å²) in [4.78, 5) is 28.1. The van der Waals surface area contributed by atoms with Gasteiger partial charge in [-0.2, -0.15) is 0 Å². The molecule has 0 spiro atoms. The van der Waals surface area contributed by atoms with Crippen LogP contribution in [0.4, 0.5) is 4.39 Å².